The number of pyridine rings is 1. The fraction of sp³-hybridized carbons (Fsp3) is 0.571. The van der Waals surface area contributed by atoms with Crippen molar-refractivity contribution in [3.05, 3.63) is 30.1 Å². The Labute approximate surface area is 113 Å². The van der Waals surface area contributed by atoms with E-state index in [2.05, 4.69) is 4.98 Å². The average molecular weight is 264 g/mol. The van der Waals surface area contributed by atoms with Crippen LogP contribution in [0.25, 0.3) is 0 Å². The number of amides is 1. The maximum absolute atomic E-state index is 10.8. The number of ether oxygens (including phenoxy) is 1. The molecule has 19 heavy (non-hydrogen) atoms. The first-order valence-corrected chi connectivity index (χ1v) is 6.74. The maximum atomic E-state index is 10.8. The number of aromatic nitrogens is 1. The van der Waals surface area contributed by atoms with Gasteiger partial charge in [0.2, 0.25) is 0 Å². The van der Waals surface area contributed by atoms with Gasteiger partial charge in [-0.1, -0.05) is 0 Å². The van der Waals surface area contributed by atoms with Crippen LogP contribution in [0.2, 0.25) is 0 Å². The van der Waals surface area contributed by atoms with Gasteiger partial charge >= 0.3 is 6.09 Å². The van der Waals surface area contributed by atoms with E-state index >= 15 is 0 Å². The van der Waals surface area contributed by atoms with E-state index < -0.39 is 6.09 Å². The molecular weight excluding hydrogens is 244 g/mol. The highest BCUT2D eigenvalue weighted by atomic mass is 16.5. The zero-order valence-corrected chi connectivity index (χ0v) is 11.0. The highest BCUT2D eigenvalue weighted by Crippen LogP contribution is 2.14. The number of rotatable bonds is 5. The summed E-state index contributed by atoms with van der Waals surface area (Å²) in [4.78, 5) is 16.2. The SMILES string of the molecule is O=C(O)N1CCC(OCCCc2ccncc2)CC1. The molecule has 5 heteroatoms. The number of carbonyl (C=O) groups is 1. The van der Waals surface area contributed by atoms with Crippen LogP contribution in [0.1, 0.15) is 24.8 Å². The first-order chi connectivity index (χ1) is 9.25. The van der Waals surface area contributed by atoms with Gasteiger partial charge in [0, 0.05) is 32.1 Å². The molecule has 1 aliphatic heterocycles. The van der Waals surface area contributed by atoms with E-state index in [0.717, 1.165) is 32.3 Å². The standard InChI is InChI=1S/C14H20N2O3/c17-14(18)16-9-5-13(6-10-16)19-11-1-2-12-3-7-15-8-4-12/h3-4,7-8,13H,1-2,5-6,9-11H2,(H,17,18). The van der Waals surface area contributed by atoms with Crippen molar-refractivity contribution in [2.45, 2.75) is 31.8 Å². The Bertz CT molecular complexity index is 389. The van der Waals surface area contributed by atoms with Crippen molar-refractivity contribution in [3.8, 4) is 0 Å². The van der Waals surface area contributed by atoms with E-state index in [1.165, 1.54) is 10.5 Å². The van der Waals surface area contributed by atoms with E-state index in [1.54, 1.807) is 12.4 Å². The summed E-state index contributed by atoms with van der Waals surface area (Å²) in [6, 6.07) is 4.04. The zero-order valence-electron chi connectivity index (χ0n) is 11.0. The molecule has 0 aromatic carbocycles. The van der Waals surface area contributed by atoms with Gasteiger partial charge in [0.1, 0.15) is 0 Å². The minimum absolute atomic E-state index is 0.216. The first kappa shape index (κ1) is 13.8. The van der Waals surface area contributed by atoms with E-state index in [-0.39, 0.29) is 6.10 Å². The van der Waals surface area contributed by atoms with Crippen LogP contribution in [0.15, 0.2) is 24.5 Å². The molecule has 2 heterocycles. The van der Waals surface area contributed by atoms with E-state index in [1.807, 2.05) is 12.1 Å². The summed E-state index contributed by atoms with van der Waals surface area (Å²) in [6.07, 6.45) is 6.60. The molecule has 0 radical (unpaired) electrons. The fourth-order valence-electron chi connectivity index (χ4n) is 2.29. The van der Waals surface area contributed by atoms with Crippen LogP contribution in [0.5, 0.6) is 0 Å². The van der Waals surface area contributed by atoms with Crippen LogP contribution < -0.4 is 0 Å². The van der Waals surface area contributed by atoms with Crippen molar-refractivity contribution in [2.24, 2.45) is 0 Å². The number of nitrogens with zero attached hydrogens (tertiary/aromatic N) is 2. The van der Waals surface area contributed by atoms with E-state index in [4.69, 9.17) is 9.84 Å². The molecule has 0 aliphatic carbocycles. The number of hydrogen-bond acceptors (Lipinski definition) is 3. The third-order valence-corrected chi connectivity index (χ3v) is 3.43. The lowest BCUT2D eigenvalue weighted by Gasteiger charge is -2.29. The largest absolute Gasteiger partial charge is 0.465 e. The van der Waals surface area contributed by atoms with Crippen molar-refractivity contribution in [2.75, 3.05) is 19.7 Å². The van der Waals surface area contributed by atoms with Gasteiger partial charge in [0.05, 0.1) is 6.10 Å². The molecule has 1 amide bonds. The number of likely N-dealkylation sites (tertiary alicyclic amines) is 1. The highest BCUT2D eigenvalue weighted by Gasteiger charge is 2.22. The second-order valence-electron chi connectivity index (χ2n) is 4.80. The lowest BCUT2D eigenvalue weighted by Crippen LogP contribution is -2.40. The van der Waals surface area contributed by atoms with Crippen LogP contribution in [-0.4, -0.2) is 46.9 Å². The summed E-state index contributed by atoms with van der Waals surface area (Å²) < 4.78 is 5.80. The predicted molar refractivity (Wildman–Crippen MR) is 71.1 cm³/mol. The second-order valence-corrected chi connectivity index (χ2v) is 4.80. The lowest BCUT2D eigenvalue weighted by atomic mass is 10.1. The minimum Gasteiger partial charge on any atom is -0.465 e. The maximum Gasteiger partial charge on any atom is 0.407 e. The molecule has 5 nitrogen and oxygen atoms in total. The lowest BCUT2D eigenvalue weighted by molar-refractivity contribution is 0.00926. The highest BCUT2D eigenvalue weighted by molar-refractivity contribution is 5.64. The summed E-state index contributed by atoms with van der Waals surface area (Å²) in [5.74, 6) is 0. The molecule has 2 rings (SSSR count). The molecule has 0 atom stereocenters. The molecule has 104 valence electrons. The van der Waals surface area contributed by atoms with Crippen molar-refractivity contribution in [1.82, 2.24) is 9.88 Å². The second kappa shape index (κ2) is 7.09. The van der Waals surface area contributed by atoms with Crippen LogP contribution in [0.3, 0.4) is 0 Å². The summed E-state index contributed by atoms with van der Waals surface area (Å²) in [6.45, 7) is 1.91. The third-order valence-electron chi connectivity index (χ3n) is 3.43. The van der Waals surface area contributed by atoms with Gasteiger partial charge in [-0.25, -0.2) is 4.79 Å². The molecule has 1 aliphatic rings. The van der Waals surface area contributed by atoms with Gasteiger partial charge in [-0.15, -0.1) is 0 Å². The number of hydrogen-bond donors (Lipinski definition) is 1. The van der Waals surface area contributed by atoms with Gasteiger partial charge in [-0.2, -0.15) is 0 Å². The minimum atomic E-state index is -0.823. The number of aryl methyl sites for hydroxylation is 1. The van der Waals surface area contributed by atoms with Crippen molar-refractivity contribution in [1.29, 1.82) is 0 Å². The Balaban J connectivity index is 1.58. The Morgan fingerprint density at radius 2 is 2.05 bits per heavy atom. The summed E-state index contributed by atoms with van der Waals surface area (Å²) in [7, 11) is 0. The molecule has 1 saturated heterocycles. The molecule has 1 fully saturated rings. The molecule has 0 unspecified atom stereocenters. The smallest absolute Gasteiger partial charge is 0.407 e. The molecule has 0 saturated carbocycles. The van der Waals surface area contributed by atoms with Crippen LogP contribution in [0.4, 0.5) is 4.79 Å². The van der Waals surface area contributed by atoms with Crippen LogP contribution >= 0.6 is 0 Å². The Hall–Kier alpha value is -1.62. The summed E-state index contributed by atoms with van der Waals surface area (Å²) in [5.41, 5.74) is 1.28. The first-order valence-electron chi connectivity index (χ1n) is 6.74. The van der Waals surface area contributed by atoms with E-state index in [9.17, 15) is 4.79 Å². The summed E-state index contributed by atoms with van der Waals surface area (Å²) >= 11 is 0. The predicted octanol–water partition coefficient (Wildman–Crippen LogP) is 2.17. The van der Waals surface area contributed by atoms with Gasteiger partial charge < -0.3 is 14.7 Å². The topological polar surface area (TPSA) is 62.7 Å². The van der Waals surface area contributed by atoms with Gasteiger partial charge in [-0.05, 0) is 43.4 Å². The zero-order chi connectivity index (χ0) is 13.5. The molecule has 1 aromatic rings. The monoisotopic (exact) mass is 264 g/mol. The third kappa shape index (κ3) is 4.52. The molecule has 0 bridgehead atoms. The quantitative estimate of drug-likeness (QED) is 0.828. The Morgan fingerprint density at radius 3 is 2.68 bits per heavy atom. The molecular formula is C14H20N2O3. The fourth-order valence-corrected chi connectivity index (χ4v) is 2.29. The summed E-state index contributed by atoms with van der Waals surface area (Å²) in [5, 5.41) is 8.84. The van der Waals surface area contributed by atoms with Gasteiger partial charge in [0.25, 0.3) is 0 Å². The molecule has 0 spiro atoms. The number of carboxylic acid groups (broad SMARTS) is 1. The average Bonchev–Trinajstić information content (AvgIpc) is 2.45. The molecule has 1 aromatic heterocycles. The Kier molecular flexibility index (Phi) is 5.15. The molecule has 1 N–H and O–H groups in total. The van der Waals surface area contributed by atoms with Crippen LogP contribution in [0, 0.1) is 0 Å². The van der Waals surface area contributed by atoms with Gasteiger partial charge in [-0.3, -0.25) is 4.98 Å². The van der Waals surface area contributed by atoms with E-state index in [0.29, 0.717) is 13.1 Å². The van der Waals surface area contributed by atoms with Gasteiger partial charge in [0.15, 0.2) is 0 Å². The number of piperidine rings is 1. The van der Waals surface area contributed by atoms with Crippen molar-refractivity contribution < 1.29 is 14.6 Å². The van der Waals surface area contributed by atoms with Crippen molar-refractivity contribution >= 4 is 6.09 Å². The van der Waals surface area contributed by atoms with Crippen LogP contribution in [-0.2, 0) is 11.2 Å². The van der Waals surface area contributed by atoms with Crippen molar-refractivity contribution in [3.63, 3.8) is 0 Å². The normalized spacial score (nSPS) is 16.5. The Morgan fingerprint density at radius 1 is 1.37 bits per heavy atom.